The molecular weight excluding hydrogens is 166 g/mol. The van der Waals surface area contributed by atoms with Gasteiger partial charge in [-0.1, -0.05) is 0 Å². The van der Waals surface area contributed by atoms with Crippen molar-refractivity contribution in [3.05, 3.63) is 18.1 Å². The van der Waals surface area contributed by atoms with E-state index in [0.29, 0.717) is 5.76 Å². The molecule has 0 saturated heterocycles. The summed E-state index contributed by atoms with van der Waals surface area (Å²) < 4.78 is 29.1. The average molecular weight is 175 g/mol. The number of furan rings is 1. The Bertz CT molecular complexity index is 338. The SMILES string of the molecule is CNS(=O)(=O)c1coc(C)c1. The zero-order valence-corrected chi connectivity index (χ0v) is 7.10. The van der Waals surface area contributed by atoms with Crippen molar-refractivity contribution in [1.29, 1.82) is 0 Å². The van der Waals surface area contributed by atoms with Gasteiger partial charge in [0.05, 0.1) is 0 Å². The zero-order chi connectivity index (χ0) is 8.48. The number of hydrogen-bond acceptors (Lipinski definition) is 3. The van der Waals surface area contributed by atoms with E-state index in [9.17, 15) is 8.42 Å². The summed E-state index contributed by atoms with van der Waals surface area (Å²) in [7, 11) is -1.96. The maximum Gasteiger partial charge on any atom is 0.243 e. The standard InChI is InChI=1S/C6H9NO3S/c1-5-3-6(4-10-5)11(8,9)7-2/h3-4,7H,1-2H3. The highest BCUT2D eigenvalue weighted by atomic mass is 32.2. The second-order valence-electron chi connectivity index (χ2n) is 2.10. The molecule has 0 aliphatic heterocycles. The van der Waals surface area contributed by atoms with Crippen molar-refractivity contribution in [3.63, 3.8) is 0 Å². The molecule has 0 amide bonds. The van der Waals surface area contributed by atoms with Gasteiger partial charge in [-0.25, -0.2) is 13.1 Å². The van der Waals surface area contributed by atoms with Gasteiger partial charge in [0.15, 0.2) is 0 Å². The van der Waals surface area contributed by atoms with Crippen molar-refractivity contribution < 1.29 is 12.8 Å². The predicted octanol–water partition coefficient (Wildman–Crippen LogP) is 0.496. The third kappa shape index (κ3) is 1.61. The first-order valence-corrected chi connectivity index (χ1v) is 4.53. The van der Waals surface area contributed by atoms with Gasteiger partial charge in [0.2, 0.25) is 10.0 Å². The summed E-state index contributed by atoms with van der Waals surface area (Å²) >= 11 is 0. The Morgan fingerprint density at radius 1 is 1.55 bits per heavy atom. The van der Waals surface area contributed by atoms with Crippen LogP contribution in [0.1, 0.15) is 5.76 Å². The summed E-state index contributed by atoms with van der Waals surface area (Å²) in [6.07, 6.45) is 1.21. The first-order valence-electron chi connectivity index (χ1n) is 3.05. The van der Waals surface area contributed by atoms with Gasteiger partial charge in [0.1, 0.15) is 16.9 Å². The van der Waals surface area contributed by atoms with E-state index in [1.165, 1.54) is 19.4 Å². The van der Waals surface area contributed by atoms with Crippen molar-refractivity contribution in [2.75, 3.05) is 7.05 Å². The molecule has 4 nitrogen and oxygen atoms in total. The molecule has 0 fully saturated rings. The molecule has 0 bridgehead atoms. The second kappa shape index (κ2) is 2.67. The Balaban J connectivity index is 3.13. The van der Waals surface area contributed by atoms with Crippen LogP contribution in [0.4, 0.5) is 0 Å². The first kappa shape index (κ1) is 8.29. The van der Waals surface area contributed by atoms with Crippen molar-refractivity contribution >= 4 is 10.0 Å². The molecule has 0 saturated carbocycles. The minimum absolute atomic E-state index is 0.164. The summed E-state index contributed by atoms with van der Waals surface area (Å²) in [6.45, 7) is 1.69. The van der Waals surface area contributed by atoms with Gasteiger partial charge >= 0.3 is 0 Å². The van der Waals surface area contributed by atoms with Gasteiger partial charge < -0.3 is 4.42 Å². The van der Waals surface area contributed by atoms with Crippen LogP contribution >= 0.6 is 0 Å². The van der Waals surface area contributed by atoms with Crippen molar-refractivity contribution in [2.24, 2.45) is 0 Å². The summed E-state index contributed by atoms with van der Waals surface area (Å²) in [6, 6.07) is 1.46. The lowest BCUT2D eigenvalue weighted by atomic mass is 10.5. The van der Waals surface area contributed by atoms with Crippen LogP contribution in [0.5, 0.6) is 0 Å². The fourth-order valence-corrected chi connectivity index (χ4v) is 1.41. The van der Waals surface area contributed by atoms with E-state index in [1.807, 2.05) is 0 Å². The monoisotopic (exact) mass is 175 g/mol. The third-order valence-corrected chi connectivity index (χ3v) is 2.66. The van der Waals surface area contributed by atoms with Crippen LogP contribution in [-0.4, -0.2) is 15.5 Å². The lowest BCUT2D eigenvalue weighted by Crippen LogP contribution is -2.17. The van der Waals surface area contributed by atoms with Crippen LogP contribution in [0.2, 0.25) is 0 Å². The average Bonchev–Trinajstić information content (AvgIpc) is 2.36. The van der Waals surface area contributed by atoms with Gasteiger partial charge in [-0.3, -0.25) is 0 Å². The molecule has 0 aromatic carbocycles. The van der Waals surface area contributed by atoms with Crippen LogP contribution in [0.3, 0.4) is 0 Å². The molecule has 11 heavy (non-hydrogen) atoms. The summed E-state index contributed by atoms with van der Waals surface area (Å²) in [5, 5.41) is 0. The molecule has 0 atom stereocenters. The van der Waals surface area contributed by atoms with Gasteiger partial charge in [-0.2, -0.15) is 0 Å². The number of nitrogens with one attached hydrogen (secondary N) is 1. The molecule has 0 aliphatic carbocycles. The number of sulfonamides is 1. The summed E-state index contributed by atoms with van der Waals surface area (Å²) in [5.41, 5.74) is 0. The Labute approximate surface area is 65.3 Å². The van der Waals surface area contributed by atoms with E-state index < -0.39 is 10.0 Å². The first-order chi connectivity index (χ1) is 5.06. The van der Waals surface area contributed by atoms with E-state index >= 15 is 0 Å². The molecule has 1 aromatic rings. The number of rotatable bonds is 2. The van der Waals surface area contributed by atoms with E-state index in [4.69, 9.17) is 4.42 Å². The fourth-order valence-electron chi connectivity index (χ4n) is 0.678. The topological polar surface area (TPSA) is 59.3 Å². The normalized spacial score (nSPS) is 11.8. The second-order valence-corrected chi connectivity index (χ2v) is 3.99. The van der Waals surface area contributed by atoms with Crippen LogP contribution in [0.25, 0.3) is 0 Å². The van der Waals surface area contributed by atoms with Gasteiger partial charge in [0.25, 0.3) is 0 Å². The minimum atomic E-state index is -3.32. The van der Waals surface area contributed by atoms with Gasteiger partial charge in [0, 0.05) is 0 Å². The van der Waals surface area contributed by atoms with Gasteiger partial charge in [-0.15, -0.1) is 0 Å². The number of aryl methyl sites for hydroxylation is 1. The fraction of sp³-hybridized carbons (Fsp3) is 0.333. The third-order valence-electron chi connectivity index (χ3n) is 1.29. The predicted molar refractivity (Wildman–Crippen MR) is 39.7 cm³/mol. The summed E-state index contributed by atoms with van der Waals surface area (Å²) in [4.78, 5) is 0.164. The Morgan fingerprint density at radius 3 is 2.55 bits per heavy atom. The molecule has 5 heteroatoms. The molecule has 0 spiro atoms. The summed E-state index contributed by atoms with van der Waals surface area (Å²) in [5.74, 6) is 0.582. The number of hydrogen-bond donors (Lipinski definition) is 1. The maximum atomic E-state index is 11.0. The van der Waals surface area contributed by atoms with E-state index in [2.05, 4.69) is 4.72 Å². The lowest BCUT2D eigenvalue weighted by molar-refractivity contribution is 0.527. The molecule has 0 aliphatic rings. The van der Waals surface area contributed by atoms with Gasteiger partial charge in [-0.05, 0) is 20.0 Å². The highest BCUT2D eigenvalue weighted by molar-refractivity contribution is 7.89. The minimum Gasteiger partial charge on any atom is -0.468 e. The Hall–Kier alpha value is -0.810. The Kier molecular flexibility index (Phi) is 2.01. The maximum absolute atomic E-state index is 11.0. The van der Waals surface area contributed by atoms with E-state index in [1.54, 1.807) is 6.92 Å². The molecule has 1 N–H and O–H groups in total. The molecule has 62 valence electrons. The van der Waals surface area contributed by atoms with Crippen molar-refractivity contribution in [1.82, 2.24) is 4.72 Å². The molecule has 1 rings (SSSR count). The van der Waals surface area contributed by atoms with Crippen LogP contribution < -0.4 is 4.72 Å². The van der Waals surface area contributed by atoms with Crippen LogP contribution in [0.15, 0.2) is 21.6 Å². The molecule has 0 unspecified atom stereocenters. The largest absolute Gasteiger partial charge is 0.468 e. The van der Waals surface area contributed by atoms with Crippen LogP contribution in [-0.2, 0) is 10.0 Å². The van der Waals surface area contributed by atoms with E-state index in [0.717, 1.165) is 0 Å². The quantitative estimate of drug-likeness (QED) is 0.711. The highest BCUT2D eigenvalue weighted by Gasteiger charge is 2.12. The smallest absolute Gasteiger partial charge is 0.243 e. The molecule has 0 radical (unpaired) electrons. The molecular formula is C6H9NO3S. The van der Waals surface area contributed by atoms with Crippen molar-refractivity contribution in [2.45, 2.75) is 11.8 Å². The Morgan fingerprint density at radius 2 is 2.18 bits per heavy atom. The highest BCUT2D eigenvalue weighted by Crippen LogP contribution is 2.11. The lowest BCUT2D eigenvalue weighted by Gasteiger charge is -1.94. The zero-order valence-electron chi connectivity index (χ0n) is 6.29. The van der Waals surface area contributed by atoms with E-state index in [-0.39, 0.29) is 4.90 Å². The van der Waals surface area contributed by atoms with Crippen LogP contribution in [0, 0.1) is 6.92 Å². The van der Waals surface area contributed by atoms with Crippen molar-refractivity contribution in [3.8, 4) is 0 Å². The molecule has 1 aromatic heterocycles. The molecule has 1 heterocycles.